The summed E-state index contributed by atoms with van der Waals surface area (Å²) in [5.74, 6) is 1.70. The lowest BCUT2D eigenvalue weighted by Crippen LogP contribution is -2.53. The molecule has 2 saturated heterocycles. The number of nitrogens with zero attached hydrogens (tertiary/aromatic N) is 5. The molecule has 7 nitrogen and oxygen atoms in total. The topological polar surface area (TPSA) is 65.0 Å². The molecular formula is C14H23N5O2. The summed E-state index contributed by atoms with van der Waals surface area (Å²) in [6, 6.07) is 2.05. The molecule has 21 heavy (non-hydrogen) atoms. The summed E-state index contributed by atoms with van der Waals surface area (Å²) >= 11 is 0. The number of aliphatic hydroxyl groups excluding tert-OH is 1. The molecule has 2 aliphatic rings. The quantitative estimate of drug-likeness (QED) is 0.800. The van der Waals surface area contributed by atoms with Gasteiger partial charge < -0.3 is 19.6 Å². The van der Waals surface area contributed by atoms with Crippen molar-refractivity contribution in [3.8, 4) is 0 Å². The Labute approximate surface area is 125 Å². The van der Waals surface area contributed by atoms with E-state index in [1.165, 1.54) is 0 Å². The average molecular weight is 293 g/mol. The van der Waals surface area contributed by atoms with Gasteiger partial charge in [0.05, 0.1) is 25.4 Å². The minimum atomic E-state index is -0.357. The Kier molecular flexibility index (Phi) is 4.23. The van der Waals surface area contributed by atoms with Crippen molar-refractivity contribution in [1.29, 1.82) is 0 Å². The van der Waals surface area contributed by atoms with Crippen LogP contribution in [0.2, 0.25) is 0 Å². The minimum absolute atomic E-state index is 0.140. The van der Waals surface area contributed by atoms with Gasteiger partial charge in [0.25, 0.3) is 0 Å². The van der Waals surface area contributed by atoms with Gasteiger partial charge in [-0.1, -0.05) is 0 Å². The predicted molar refractivity (Wildman–Crippen MR) is 80.8 cm³/mol. The van der Waals surface area contributed by atoms with Crippen LogP contribution in [-0.4, -0.2) is 85.6 Å². The van der Waals surface area contributed by atoms with Crippen LogP contribution in [0.15, 0.2) is 12.3 Å². The number of aromatic nitrogens is 2. The SMILES string of the molecule is CN(C)c1ccnc(N2CCN(C3COCC3O)CC2)n1. The first kappa shape index (κ1) is 14.5. The van der Waals surface area contributed by atoms with Crippen LogP contribution in [-0.2, 0) is 4.74 Å². The Morgan fingerprint density at radius 3 is 2.62 bits per heavy atom. The van der Waals surface area contributed by atoms with Crippen LogP contribution in [0.4, 0.5) is 11.8 Å². The van der Waals surface area contributed by atoms with Gasteiger partial charge in [-0.05, 0) is 6.07 Å². The van der Waals surface area contributed by atoms with E-state index in [4.69, 9.17) is 4.74 Å². The molecule has 3 rings (SSSR count). The zero-order valence-electron chi connectivity index (χ0n) is 12.6. The van der Waals surface area contributed by atoms with E-state index in [9.17, 15) is 5.11 Å². The van der Waals surface area contributed by atoms with Gasteiger partial charge in [-0.3, -0.25) is 4.90 Å². The summed E-state index contributed by atoms with van der Waals surface area (Å²) in [6.45, 7) is 4.65. The molecule has 0 aromatic carbocycles. The van der Waals surface area contributed by atoms with Gasteiger partial charge in [0.2, 0.25) is 5.95 Å². The molecule has 0 saturated carbocycles. The van der Waals surface area contributed by atoms with Crippen molar-refractivity contribution in [2.75, 3.05) is 63.3 Å². The summed E-state index contributed by atoms with van der Waals surface area (Å²) in [5.41, 5.74) is 0. The third kappa shape index (κ3) is 3.09. The maximum atomic E-state index is 9.91. The van der Waals surface area contributed by atoms with Crippen molar-refractivity contribution in [2.24, 2.45) is 0 Å². The molecule has 1 N–H and O–H groups in total. The molecule has 7 heteroatoms. The highest BCUT2D eigenvalue weighted by molar-refractivity contribution is 5.42. The molecule has 0 amide bonds. The zero-order valence-corrected chi connectivity index (χ0v) is 12.6. The highest BCUT2D eigenvalue weighted by atomic mass is 16.5. The molecule has 3 heterocycles. The van der Waals surface area contributed by atoms with Gasteiger partial charge in [-0.25, -0.2) is 4.98 Å². The van der Waals surface area contributed by atoms with E-state index in [1.54, 1.807) is 6.20 Å². The van der Waals surface area contributed by atoms with E-state index in [0.717, 1.165) is 37.9 Å². The van der Waals surface area contributed by atoms with E-state index in [0.29, 0.717) is 13.2 Å². The molecule has 0 bridgehead atoms. The molecule has 0 radical (unpaired) electrons. The van der Waals surface area contributed by atoms with Crippen molar-refractivity contribution < 1.29 is 9.84 Å². The first-order valence-corrected chi connectivity index (χ1v) is 7.40. The predicted octanol–water partition coefficient (Wildman–Crippen LogP) is -0.576. The monoisotopic (exact) mass is 293 g/mol. The Balaban J connectivity index is 1.61. The summed E-state index contributed by atoms with van der Waals surface area (Å²) < 4.78 is 5.34. The van der Waals surface area contributed by atoms with Crippen LogP contribution in [0.1, 0.15) is 0 Å². The van der Waals surface area contributed by atoms with Crippen molar-refractivity contribution in [1.82, 2.24) is 14.9 Å². The first-order chi connectivity index (χ1) is 10.1. The Hall–Kier alpha value is -1.44. The maximum Gasteiger partial charge on any atom is 0.227 e. The molecule has 1 aromatic heterocycles. The molecule has 2 aliphatic heterocycles. The molecule has 0 spiro atoms. The smallest absolute Gasteiger partial charge is 0.227 e. The van der Waals surface area contributed by atoms with Crippen molar-refractivity contribution in [2.45, 2.75) is 12.1 Å². The van der Waals surface area contributed by atoms with Gasteiger partial charge >= 0.3 is 0 Å². The molecule has 2 fully saturated rings. The second kappa shape index (κ2) is 6.13. The fourth-order valence-electron chi connectivity index (χ4n) is 2.87. The van der Waals surface area contributed by atoms with Gasteiger partial charge in [0.1, 0.15) is 5.82 Å². The third-order valence-corrected chi connectivity index (χ3v) is 4.17. The Bertz CT molecular complexity index is 476. The van der Waals surface area contributed by atoms with Gasteiger partial charge in [0, 0.05) is 46.5 Å². The summed E-state index contributed by atoms with van der Waals surface area (Å²) in [6.07, 6.45) is 1.45. The maximum absolute atomic E-state index is 9.91. The van der Waals surface area contributed by atoms with Gasteiger partial charge in [-0.15, -0.1) is 0 Å². The average Bonchev–Trinajstić information content (AvgIpc) is 2.94. The lowest BCUT2D eigenvalue weighted by atomic mass is 10.1. The van der Waals surface area contributed by atoms with Crippen LogP contribution in [0, 0.1) is 0 Å². The van der Waals surface area contributed by atoms with Crippen LogP contribution < -0.4 is 9.80 Å². The highest BCUT2D eigenvalue weighted by Crippen LogP contribution is 2.19. The third-order valence-electron chi connectivity index (χ3n) is 4.17. The number of piperazine rings is 1. The van der Waals surface area contributed by atoms with E-state index in [1.807, 2.05) is 25.1 Å². The van der Waals surface area contributed by atoms with Crippen LogP contribution >= 0.6 is 0 Å². The molecular weight excluding hydrogens is 270 g/mol. The normalized spacial score (nSPS) is 27.1. The summed E-state index contributed by atoms with van der Waals surface area (Å²) in [5, 5.41) is 9.91. The second-order valence-corrected chi connectivity index (χ2v) is 5.80. The first-order valence-electron chi connectivity index (χ1n) is 7.40. The Morgan fingerprint density at radius 1 is 1.24 bits per heavy atom. The molecule has 2 atom stereocenters. The zero-order chi connectivity index (χ0) is 14.8. The largest absolute Gasteiger partial charge is 0.389 e. The fraction of sp³-hybridized carbons (Fsp3) is 0.714. The van der Waals surface area contributed by atoms with Crippen LogP contribution in [0.5, 0.6) is 0 Å². The lowest BCUT2D eigenvalue weighted by Gasteiger charge is -2.38. The van der Waals surface area contributed by atoms with E-state index in [2.05, 4.69) is 19.8 Å². The fourth-order valence-corrected chi connectivity index (χ4v) is 2.87. The standard InChI is InChI=1S/C14H23N5O2/c1-17(2)13-3-4-15-14(16-13)19-7-5-18(6-8-19)11-9-21-10-12(11)20/h3-4,11-12,20H,5-10H2,1-2H3. The molecule has 1 aromatic rings. The highest BCUT2D eigenvalue weighted by Gasteiger charge is 2.33. The number of ether oxygens (including phenoxy) is 1. The number of anilines is 2. The molecule has 2 unspecified atom stereocenters. The Morgan fingerprint density at radius 2 is 2.00 bits per heavy atom. The van der Waals surface area contributed by atoms with Crippen LogP contribution in [0.3, 0.4) is 0 Å². The number of hydrogen-bond donors (Lipinski definition) is 1. The number of hydrogen-bond acceptors (Lipinski definition) is 7. The minimum Gasteiger partial charge on any atom is -0.389 e. The molecule has 0 aliphatic carbocycles. The van der Waals surface area contributed by atoms with E-state index < -0.39 is 0 Å². The van der Waals surface area contributed by atoms with Gasteiger partial charge in [-0.2, -0.15) is 4.98 Å². The number of rotatable bonds is 3. The molecule has 116 valence electrons. The number of aliphatic hydroxyl groups is 1. The summed E-state index contributed by atoms with van der Waals surface area (Å²) in [4.78, 5) is 15.4. The lowest BCUT2D eigenvalue weighted by molar-refractivity contribution is 0.0783. The van der Waals surface area contributed by atoms with E-state index >= 15 is 0 Å². The van der Waals surface area contributed by atoms with Gasteiger partial charge in [0.15, 0.2) is 0 Å². The second-order valence-electron chi connectivity index (χ2n) is 5.80. The van der Waals surface area contributed by atoms with Crippen molar-refractivity contribution in [3.63, 3.8) is 0 Å². The van der Waals surface area contributed by atoms with E-state index in [-0.39, 0.29) is 12.1 Å². The van der Waals surface area contributed by atoms with Crippen molar-refractivity contribution >= 4 is 11.8 Å². The van der Waals surface area contributed by atoms with Crippen molar-refractivity contribution in [3.05, 3.63) is 12.3 Å². The van der Waals surface area contributed by atoms with Crippen LogP contribution in [0.25, 0.3) is 0 Å². The summed E-state index contributed by atoms with van der Waals surface area (Å²) in [7, 11) is 3.96.